The minimum atomic E-state index is 0.447. The van der Waals surface area contributed by atoms with Gasteiger partial charge in [0.2, 0.25) is 5.89 Å². The lowest BCUT2D eigenvalue weighted by atomic mass is 10.2. The summed E-state index contributed by atoms with van der Waals surface area (Å²) in [6, 6.07) is 7.76. The van der Waals surface area contributed by atoms with E-state index in [0.29, 0.717) is 18.4 Å². The summed E-state index contributed by atoms with van der Waals surface area (Å²) in [6.45, 7) is 2.48. The molecule has 1 heterocycles. The second kappa shape index (κ2) is 4.49. The number of aromatic nitrogens is 1. The Morgan fingerprint density at radius 2 is 2.20 bits per heavy atom. The first-order valence-electron chi connectivity index (χ1n) is 4.64. The van der Waals surface area contributed by atoms with Crippen molar-refractivity contribution in [2.24, 2.45) is 0 Å². The van der Waals surface area contributed by atoms with Crippen LogP contribution in [-0.2, 0) is 0 Å². The van der Waals surface area contributed by atoms with Gasteiger partial charge in [-0.2, -0.15) is 0 Å². The maximum atomic E-state index is 5.43. The van der Waals surface area contributed by atoms with Crippen molar-refractivity contribution in [3.63, 3.8) is 0 Å². The number of hydrogen-bond acceptors (Lipinski definition) is 3. The first-order valence-corrected chi connectivity index (χ1v) is 5.44. The summed E-state index contributed by atoms with van der Waals surface area (Å²) in [4.78, 5) is 4.14. The van der Waals surface area contributed by atoms with Gasteiger partial charge >= 0.3 is 5.95 Å². The van der Waals surface area contributed by atoms with Gasteiger partial charge in [-0.25, -0.2) is 4.98 Å². The zero-order chi connectivity index (χ0) is 10.7. The van der Waals surface area contributed by atoms with Crippen LogP contribution in [0.3, 0.4) is 0 Å². The van der Waals surface area contributed by atoms with E-state index in [0.717, 1.165) is 10.0 Å². The van der Waals surface area contributed by atoms with E-state index in [9.17, 15) is 0 Å². The van der Waals surface area contributed by atoms with Crippen LogP contribution in [0.25, 0.3) is 11.5 Å². The molecular weight excluding hydrogens is 258 g/mol. The molecule has 3 nitrogen and oxygen atoms in total. The number of nitrogens with zero attached hydrogens (tertiary/aromatic N) is 1. The summed E-state index contributed by atoms with van der Waals surface area (Å²) in [6.07, 6.45) is 1.58. The summed E-state index contributed by atoms with van der Waals surface area (Å²) in [5.41, 5.74) is 0.920. The van der Waals surface area contributed by atoms with Gasteiger partial charge in [-0.15, -0.1) is 0 Å². The van der Waals surface area contributed by atoms with Crippen molar-refractivity contribution in [3.05, 3.63) is 34.9 Å². The maximum Gasteiger partial charge on any atom is 0.305 e. The molecule has 0 aliphatic rings. The van der Waals surface area contributed by atoms with Gasteiger partial charge in [-0.1, -0.05) is 12.1 Å². The van der Waals surface area contributed by atoms with E-state index >= 15 is 0 Å². The van der Waals surface area contributed by atoms with Gasteiger partial charge < -0.3 is 9.15 Å². The van der Waals surface area contributed by atoms with Crippen molar-refractivity contribution in [2.45, 2.75) is 6.92 Å². The molecule has 0 N–H and O–H groups in total. The average molecular weight is 268 g/mol. The number of rotatable bonds is 3. The van der Waals surface area contributed by atoms with E-state index in [4.69, 9.17) is 9.15 Å². The quantitative estimate of drug-likeness (QED) is 0.854. The fourth-order valence-electron chi connectivity index (χ4n) is 1.23. The van der Waals surface area contributed by atoms with E-state index < -0.39 is 0 Å². The van der Waals surface area contributed by atoms with Crippen LogP contribution in [0.2, 0.25) is 0 Å². The highest BCUT2D eigenvalue weighted by Crippen LogP contribution is 2.29. The van der Waals surface area contributed by atoms with Crippen LogP contribution < -0.4 is 4.74 Å². The van der Waals surface area contributed by atoms with Crippen LogP contribution in [0.15, 0.2) is 39.4 Å². The smallest absolute Gasteiger partial charge is 0.305 e. The molecule has 0 spiro atoms. The van der Waals surface area contributed by atoms with E-state index in [-0.39, 0.29) is 0 Å². The Labute approximate surface area is 96.2 Å². The lowest BCUT2D eigenvalue weighted by molar-refractivity contribution is 0.260. The molecule has 0 fully saturated rings. The van der Waals surface area contributed by atoms with Crippen LogP contribution in [0.1, 0.15) is 6.92 Å². The van der Waals surface area contributed by atoms with Crippen LogP contribution in [0.4, 0.5) is 0 Å². The van der Waals surface area contributed by atoms with Gasteiger partial charge in [0.15, 0.2) is 0 Å². The molecule has 2 rings (SSSR count). The van der Waals surface area contributed by atoms with Crippen LogP contribution in [0, 0.1) is 0 Å². The Balaban J connectivity index is 2.33. The van der Waals surface area contributed by atoms with Gasteiger partial charge in [-0.05, 0) is 35.0 Å². The molecule has 2 aromatic rings. The molecule has 1 aromatic heterocycles. The number of halogens is 1. The van der Waals surface area contributed by atoms with Gasteiger partial charge in [-0.3, -0.25) is 0 Å². The molecule has 4 heteroatoms. The van der Waals surface area contributed by atoms with E-state index in [1.807, 2.05) is 31.2 Å². The number of oxazole rings is 1. The summed E-state index contributed by atoms with van der Waals surface area (Å²) in [7, 11) is 0. The average Bonchev–Trinajstić information content (AvgIpc) is 2.68. The van der Waals surface area contributed by atoms with Crippen molar-refractivity contribution in [1.82, 2.24) is 4.98 Å². The van der Waals surface area contributed by atoms with Crippen molar-refractivity contribution in [1.29, 1.82) is 0 Å². The fraction of sp³-hybridized carbons (Fsp3) is 0.182. The highest BCUT2D eigenvalue weighted by atomic mass is 79.9. The zero-order valence-electron chi connectivity index (χ0n) is 8.24. The minimum Gasteiger partial charge on any atom is -0.464 e. The van der Waals surface area contributed by atoms with Crippen molar-refractivity contribution in [3.8, 4) is 17.4 Å². The monoisotopic (exact) mass is 267 g/mol. The highest BCUT2D eigenvalue weighted by Gasteiger charge is 2.09. The van der Waals surface area contributed by atoms with Crippen molar-refractivity contribution in [2.75, 3.05) is 6.61 Å². The minimum absolute atomic E-state index is 0.447. The lowest BCUT2D eigenvalue weighted by Crippen LogP contribution is -1.88. The largest absolute Gasteiger partial charge is 0.464 e. The number of ether oxygens (including phenoxy) is 1. The number of benzene rings is 1. The maximum absolute atomic E-state index is 5.43. The van der Waals surface area contributed by atoms with Crippen molar-refractivity contribution >= 4 is 15.9 Å². The topological polar surface area (TPSA) is 35.3 Å². The third-order valence-electron chi connectivity index (χ3n) is 1.88. The van der Waals surface area contributed by atoms with Gasteiger partial charge in [0.25, 0.3) is 0 Å². The van der Waals surface area contributed by atoms with Crippen LogP contribution in [-0.4, -0.2) is 11.6 Å². The second-order valence-corrected chi connectivity index (χ2v) is 3.75. The lowest BCUT2D eigenvalue weighted by Gasteiger charge is -1.98. The molecule has 0 aliphatic carbocycles. The predicted octanol–water partition coefficient (Wildman–Crippen LogP) is 3.50. The SMILES string of the molecule is CCOc1cnc(-c2ccccc2Br)o1. The molecule has 0 saturated heterocycles. The Kier molecular flexibility index (Phi) is 3.06. The number of hydrogen-bond donors (Lipinski definition) is 0. The third-order valence-corrected chi connectivity index (χ3v) is 2.57. The van der Waals surface area contributed by atoms with E-state index in [1.165, 1.54) is 0 Å². The first-order chi connectivity index (χ1) is 7.31. The summed E-state index contributed by atoms with van der Waals surface area (Å²) < 4.78 is 11.6. The van der Waals surface area contributed by atoms with Crippen molar-refractivity contribution < 1.29 is 9.15 Å². The Morgan fingerprint density at radius 3 is 2.93 bits per heavy atom. The summed E-state index contributed by atoms with van der Waals surface area (Å²) in [5, 5.41) is 0. The van der Waals surface area contributed by atoms with E-state index in [1.54, 1.807) is 6.20 Å². The van der Waals surface area contributed by atoms with E-state index in [2.05, 4.69) is 20.9 Å². The van der Waals surface area contributed by atoms with Gasteiger partial charge in [0.05, 0.1) is 12.2 Å². The van der Waals surface area contributed by atoms with Crippen LogP contribution in [0.5, 0.6) is 5.95 Å². The molecule has 0 aliphatic heterocycles. The zero-order valence-corrected chi connectivity index (χ0v) is 9.82. The Morgan fingerprint density at radius 1 is 1.40 bits per heavy atom. The standard InChI is InChI=1S/C11H10BrNO2/c1-2-14-10-7-13-11(15-10)8-5-3-4-6-9(8)12/h3-7H,2H2,1H3. The summed E-state index contributed by atoms with van der Waals surface area (Å²) in [5.74, 6) is 1.01. The van der Waals surface area contributed by atoms with Gasteiger partial charge in [0, 0.05) is 4.47 Å². The second-order valence-electron chi connectivity index (χ2n) is 2.90. The molecule has 0 atom stereocenters. The van der Waals surface area contributed by atoms with Gasteiger partial charge in [0.1, 0.15) is 6.20 Å². The molecule has 0 unspecified atom stereocenters. The Hall–Kier alpha value is -1.29. The molecule has 78 valence electrons. The Bertz CT molecular complexity index is 453. The molecule has 0 saturated carbocycles. The molecule has 15 heavy (non-hydrogen) atoms. The normalized spacial score (nSPS) is 10.3. The predicted molar refractivity (Wildman–Crippen MR) is 60.8 cm³/mol. The highest BCUT2D eigenvalue weighted by molar-refractivity contribution is 9.10. The summed E-state index contributed by atoms with van der Waals surface area (Å²) >= 11 is 3.44. The molecule has 0 bridgehead atoms. The molecule has 0 radical (unpaired) electrons. The third kappa shape index (κ3) is 2.21. The molecular formula is C11H10BrNO2. The van der Waals surface area contributed by atoms with Crippen LogP contribution >= 0.6 is 15.9 Å². The molecule has 0 amide bonds. The molecule has 1 aromatic carbocycles. The fourth-order valence-corrected chi connectivity index (χ4v) is 1.68. The first kappa shape index (κ1) is 10.2.